The molecule has 0 aliphatic carbocycles. The van der Waals surface area contributed by atoms with Gasteiger partial charge >= 0.3 is 5.97 Å². The molecule has 14 heavy (non-hydrogen) atoms. The molecule has 1 aromatic carbocycles. The Kier molecular flexibility index (Phi) is 3.06. The number of phenolic OH excluding ortho intramolecular Hbond substituents is 1. The molecule has 0 aromatic heterocycles. The molecule has 0 atom stereocenters. The lowest BCUT2D eigenvalue weighted by Gasteiger charge is -2.05. The van der Waals surface area contributed by atoms with Crippen molar-refractivity contribution in [3.8, 4) is 5.75 Å². The average molecular weight is 198 g/mol. The molecule has 1 rings (SSSR count). The number of phenols is 1. The van der Waals surface area contributed by atoms with E-state index in [-0.39, 0.29) is 12.8 Å². The van der Waals surface area contributed by atoms with Gasteiger partial charge in [-0.15, -0.1) is 0 Å². The lowest BCUT2D eigenvalue weighted by atomic mass is 10.1. The maximum atomic E-state index is 13.1. The third-order valence-corrected chi connectivity index (χ3v) is 2.00. The second-order valence-corrected chi connectivity index (χ2v) is 3.10. The molecule has 76 valence electrons. The maximum absolute atomic E-state index is 13.1. The molecule has 0 amide bonds. The summed E-state index contributed by atoms with van der Waals surface area (Å²) >= 11 is 0. The third kappa shape index (κ3) is 2.22. The highest BCUT2D eigenvalue weighted by atomic mass is 19.1. The molecule has 0 aliphatic heterocycles. The second kappa shape index (κ2) is 4.09. The summed E-state index contributed by atoms with van der Waals surface area (Å²) in [6, 6.07) is 3.06. The SMILES string of the molecule is Cc1ccc(CCC(=O)O)c(O)c1F. The van der Waals surface area contributed by atoms with Crippen LogP contribution in [0.4, 0.5) is 4.39 Å². The smallest absolute Gasteiger partial charge is 0.303 e. The molecule has 0 heterocycles. The van der Waals surface area contributed by atoms with Gasteiger partial charge in [0.05, 0.1) is 0 Å². The first kappa shape index (κ1) is 10.5. The summed E-state index contributed by atoms with van der Waals surface area (Å²) in [6.07, 6.45) is 0.0222. The Labute approximate surface area is 80.8 Å². The molecule has 4 heteroatoms. The lowest BCUT2D eigenvalue weighted by Crippen LogP contribution is -1.99. The molecular weight excluding hydrogens is 187 g/mol. The molecule has 3 nitrogen and oxygen atoms in total. The molecule has 0 saturated heterocycles. The van der Waals surface area contributed by atoms with Gasteiger partial charge in [0, 0.05) is 6.42 Å². The van der Waals surface area contributed by atoms with Crippen LogP contribution in [-0.4, -0.2) is 16.2 Å². The summed E-state index contributed by atoms with van der Waals surface area (Å²) in [5.41, 5.74) is 0.678. The van der Waals surface area contributed by atoms with Crippen LogP contribution in [0.3, 0.4) is 0 Å². The number of carbonyl (C=O) groups is 1. The lowest BCUT2D eigenvalue weighted by molar-refractivity contribution is -0.136. The number of aromatic hydroxyl groups is 1. The zero-order valence-electron chi connectivity index (χ0n) is 7.75. The number of halogens is 1. The molecule has 1 aromatic rings. The van der Waals surface area contributed by atoms with Crippen molar-refractivity contribution in [2.24, 2.45) is 0 Å². The highest BCUT2D eigenvalue weighted by molar-refractivity contribution is 5.67. The first-order chi connectivity index (χ1) is 6.52. The zero-order valence-corrected chi connectivity index (χ0v) is 7.75. The Morgan fingerprint density at radius 1 is 1.50 bits per heavy atom. The fourth-order valence-electron chi connectivity index (χ4n) is 1.15. The van der Waals surface area contributed by atoms with E-state index < -0.39 is 17.5 Å². The van der Waals surface area contributed by atoms with Crippen LogP contribution in [0.15, 0.2) is 12.1 Å². The topological polar surface area (TPSA) is 57.5 Å². The van der Waals surface area contributed by atoms with Crippen molar-refractivity contribution in [3.05, 3.63) is 29.1 Å². The van der Waals surface area contributed by atoms with Gasteiger partial charge in [-0.1, -0.05) is 12.1 Å². The van der Waals surface area contributed by atoms with Crippen LogP contribution < -0.4 is 0 Å². The Hall–Kier alpha value is -1.58. The molecular formula is C10H11FO3. The first-order valence-corrected chi connectivity index (χ1v) is 4.21. The van der Waals surface area contributed by atoms with Crippen LogP contribution in [0.2, 0.25) is 0 Å². The molecule has 0 spiro atoms. The molecule has 0 fully saturated rings. The largest absolute Gasteiger partial charge is 0.505 e. The predicted octanol–water partition coefficient (Wildman–Crippen LogP) is 1.86. The van der Waals surface area contributed by atoms with Gasteiger partial charge in [0.15, 0.2) is 11.6 Å². The van der Waals surface area contributed by atoms with Gasteiger partial charge in [-0.05, 0) is 24.5 Å². The van der Waals surface area contributed by atoms with Gasteiger partial charge in [0.25, 0.3) is 0 Å². The number of carboxylic acid groups (broad SMARTS) is 1. The molecule has 0 aliphatic rings. The molecule has 0 unspecified atom stereocenters. The third-order valence-electron chi connectivity index (χ3n) is 2.00. The van der Waals surface area contributed by atoms with E-state index in [2.05, 4.69) is 0 Å². The van der Waals surface area contributed by atoms with E-state index in [1.54, 1.807) is 0 Å². The van der Waals surface area contributed by atoms with E-state index in [0.717, 1.165) is 0 Å². The van der Waals surface area contributed by atoms with E-state index in [1.807, 2.05) is 0 Å². The molecule has 0 saturated carbocycles. The number of carboxylic acids is 1. The standard InChI is InChI=1S/C10H11FO3/c1-6-2-3-7(4-5-8(12)13)10(14)9(6)11/h2-3,14H,4-5H2,1H3,(H,12,13). The fraction of sp³-hybridized carbons (Fsp3) is 0.300. The molecule has 0 bridgehead atoms. The Balaban J connectivity index is 2.88. The summed E-state index contributed by atoms with van der Waals surface area (Å²) in [7, 11) is 0. The predicted molar refractivity (Wildman–Crippen MR) is 48.8 cm³/mol. The van der Waals surface area contributed by atoms with Crippen LogP contribution in [0.5, 0.6) is 5.75 Å². The van der Waals surface area contributed by atoms with Crippen LogP contribution in [0.1, 0.15) is 17.5 Å². The minimum absolute atomic E-state index is 0.115. The highest BCUT2D eigenvalue weighted by Crippen LogP contribution is 2.24. The minimum atomic E-state index is -0.967. The molecule has 2 N–H and O–H groups in total. The average Bonchev–Trinajstić information content (AvgIpc) is 2.13. The molecule has 0 radical (unpaired) electrons. The van der Waals surface area contributed by atoms with Gasteiger partial charge in [-0.2, -0.15) is 0 Å². The fourth-order valence-corrected chi connectivity index (χ4v) is 1.15. The van der Waals surface area contributed by atoms with E-state index in [1.165, 1.54) is 19.1 Å². The van der Waals surface area contributed by atoms with Gasteiger partial charge < -0.3 is 10.2 Å². The number of hydrogen-bond donors (Lipinski definition) is 2. The summed E-state index contributed by atoms with van der Waals surface area (Å²) in [5.74, 6) is -2.08. The monoisotopic (exact) mass is 198 g/mol. The van der Waals surface area contributed by atoms with Gasteiger partial charge in [-0.3, -0.25) is 4.79 Å². The summed E-state index contributed by atoms with van der Waals surface area (Å²) < 4.78 is 13.1. The van der Waals surface area contributed by atoms with Crippen LogP contribution >= 0.6 is 0 Å². The number of aryl methyl sites for hydroxylation is 2. The van der Waals surface area contributed by atoms with Crippen LogP contribution in [0.25, 0.3) is 0 Å². The minimum Gasteiger partial charge on any atom is -0.505 e. The maximum Gasteiger partial charge on any atom is 0.303 e. The van der Waals surface area contributed by atoms with Crippen molar-refractivity contribution in [3.63, 3.8) is 0 Å². The summed E-state index contributed by atoms with van der Waals surface area (Å²) in [4.78, 5) is 10.3. The normalized spacial score (nSPS) is 10.1. The summed E-state index contributed by atoms with van der Waals surface area (Å²) in [5, 5.41) is 17.7. The van der Waals surface area contributed by atoms with Crippen LogP contribution in [0, 0.1) is 12.7 Å². The van der Waals surface area contributed by atoms with Crippen molar-refractivity contribution >= 4 is 5.97 Å². The Morgan fingerprint density at radius 2 is 2.14 bits per heavy atom. The number of rotatable bonds is 3. The van der Waals surface area contributed by atoms with Crippen molar-refractivity contribution < 1.29 is 19.4 Å². The van der Waals surface area contributed by atoms with Crippen molar-refractivity contribution in [1.82, 2.24) is 0 Å². The van der Waals surface area contributed by atoms with Gasteiger partial charge in [0.1, 0.15) is 0 Å². The van der Waals surface area contributed by atoms with Gasteiger partial charge in [-0.25, -0.2) is 4.39 Å². The number of benzene rings is 1. The van der Waals surface area contributed by atoms with Crippen molar-refractivity contribution in [2.75, 3.05) is 0 Å². The van der Waals surface area contributed by atoms with E-state index in [4.69, 9.17) is 5.11 Å². The van der Waals surface area contributed by atoms with Crippen LogP contribution in [-0.2, 0) is 11.2 Å². The van der Waals surface area contributed by atoms with E-state index in [9.17, 15) is 14.3 Å². The van der Waals surface area contributed by atoms with Gasteiger partial charge in [0.2, 0.25) is 0 Å². The van der Waals surface area contributed by atoms with E-state index >= 15 is 0 Å². The van der Waals surface area contributed by atoms with Crippen molar-refractivity contribution in [2.45, 2.75) is 19.8 Å². The van der Waals surface area contributed by atoms with E-state index in [0.29, 0.717) is 11.1 Å². The Morgan fingerprint density at radius 3 is 2.71 bits per heavy atom. The van der Waals surface area contributed by atoms with Crippen molar-refractivity contribution in [1.29, 1.82) is 0 Å². The quantitative estimate of drug-likeness (QED) is 0.779. The number of hydrogen-bond acceptors (Lipinski definition) is 2. The Bertz CT molecular complexity index is 361. The second-order valence-electron chi connectivity index (χ2n) is 3.10. The first-order valence-electron chi connectivity index (χ1n) is 4.21. The summed E-state index contributed by atoms with van der Waals surface area (Å²) in [6.45, 7) is 1.54. The highest BCUT2D eigenvalue weighted by Gasteiger charge is 2.10. The number of aliphatic carboxylic acids is 1. The zero-order chi connectivity index (χ0) is 10.7.